The van der Waals surface area contributed by atoms with Crippen LogP contribution in [-0.4, -0.2) is 33.7 Å². The van der Waals surface area contributed by atoms with Crippen molar-refractivity contribution >= 4 is 50.9 Å². The highest BCUT2D eigenvalue weighted by Gasteiger charge is 2.24. The number of rotatable bonds is 7. The minimum Gasteiger partial charge on any atom is -0.462 e. The predicted molar refractivity (Wildman–Crippen MR) is 125 cm³/mol. The lowest BCUT2D eigenvalue weighted by molar-refractivity contribution is -0.115. The summed E-state index contributed by atoms with van der Waals surface area (Å²) in [6, 6.07) is 6.83. The highest BCUT2D eigenvalue weighted by molar-refractivity contribution is 8.00. The first-order chi connectivity index (χ1) is 15.1. The highest BCUT2D eigenvalue weighted by Crippen LogP contribution is 2.40. The Morgan fingerprint density at radius 2 is 2.06 bits per heavy atom. The van der Waals surface area contributed by atoms with Gasteiger partial charge < -0.3 is 10.1 Å². The first kappa shape index (κ1) is 21.8. The van der Waals surface area contributed by atoms with Crippen LogP contribution < -0.4 is 5.32 Å². The average molecular weight is 456 g/mol. The van der Waals surface area contributed by atoms with Gasteiger partial charge in [-0.15, -0.1) is 11.3 Å². The summed E-state index contributed by atoms with van der Waals surface area (Å²) in [5.74, 6) is -0.505. The van der Waals surface area contributed by atoms with E-state index in [1.165, 1.54) is 35.0 Å². The number of nitrogens with one attached hydrogen (secondary N) is 1. The first-order valence-corrected chi connectivity index (χ1v) is 12.3. The Morgan fingerprint density at radius 3 is 2.87 bits per heavy atom. The lowest BCUT2D eigenvalue weighted by Crippen LogP contribution is -2.25. The van der Waals surface area contributed by atoms with Crippen LogP contribution in [0.3, 0.4) is 0 Å². The van der Waals surface area contributed by atoms with Crippen LogP contribution in [0.15, 0.2) is 35.6 Å². The molecule has 8 heteroatoms. The van der Waals surface area contributed by atoms with Gasteiger partial charge in [-0.25, -0.2) is 14.8 Å². The van der Waals surface area contributed by atoms with Crippen molar-refractivity contribution < 1.29 is 14.3 Å². The van der Waals surface area contributed by atoms with Crippen LogP contribution in [0.25, 0.3) is 10.2 Å². The molecule has 0 aliphatic heterocycles. The molecule has 0 fully saturated rings. The summed E-state index contributed by atoms with van der Waals surface area (Å²) in [5, 5.41) is 4.65. The molecule has 1 atom stereocenters. The molecule has 0 saturated heterocycles. The number of esters is 1. The van der Waals surface area contributed by atoms with Gasteiger partial charge in [0.05, 0.1) is 17.4 Å². The van der Waals surface area contributed by atoms with Crippen LogP contribution in [-0.2, 0) is 22.4 Å². The summed E-state index contributed by atoms with van der Waals surface area (Å²) >= 11 is 3.25. The second-order valence-electron chi connectivity index (χ2n) is 7.38. The maximum atomic E-state index is 13.0. The van der Waals surface area contributed by atoms with Gasteiger partial charge in [-0.1, -0.05) is 24.8 Å². The van der Waals surface area contributed by atoms with Crippen molar-refractivity contribution in [2.45, 2.75) is 56.2 Å². The number of fused-ring (bicyclic) bond motifs is 3. The monoisotopic (exact) mass is 455 g/mol. The average Bonchev–Trinajstić information content (AvgIpc) is 3.17. The van der Waals surface area contributed by atoms with Crippen LogP contribution >= 0.6 is 23.1 Å². The molecule has 4 rings (SSSR count). The van der Waals surface area contributed by atoms with Crippen LogP contribution in [0.5, 0.6) is 0 Å². The van der Waals surface area contributed by atoms with Gasteiger partial charge in [0.15, 0.2) is 0 Å². The molecular formula is C23H25N3O3S2. The Hall–Kier alpha value is -2.45. The summed E-state index contributed by atoms with van der Waals surface area (Å²) < 4.78 is 5.05. The Balaban J connectivity index is 1.54. The molecule has 1 N–H and O–H groups in total. The number of carbonyl (C=O) groups is 2. The van der Waals surface area contributed by atoms with Crippen molar-refractivity contribution in [3.8, 4) is 0 Å². The minimum absolute atomic E-state index is 0.107. The number of thioether (sulfide) groups is 1. The molecular weight excluding hydrogens is 430 g/mol. The first-order valence-electron chi connectivity index (χ1n) is 10.6. The molecule has 0 spiro atoms. The molecule has 31 heavy (non-hydrogen) atoms. The number of carbonyl (C=O) groups excluding carboxylic acids is 2. The van der Waals surface area contributed by atoms with Gasteiger partial charge in [0, 0.05) is 16.0 Å². The van der Waals surface area contributed by atoms with E-state index in [1.807, 2.05) is 6.92 Å². The quantitative estimate of drug-likeness (QED) is 0.297. The standard InChI is InChI=1S/C23H25N3O3S2/c1-3-17(20(27)26-15-9-7-8-14(12-15)23(28)29-4-2)30-21-19-16-10-5-6-11-18(16)31-22(19)25-13-24-21/h7-9,12-13,17H,3-6,10-11H2,1-2H3,(H,26,27). The van der Waals surface area contributed by atoms with E-state index in [4.69, 9.17) is 4.74 Å². The van der Waals surface area contributed by atoms with Gasteiger partial charge in [-0.3, -0.25) is 4.79 Å². The molecule has 162 valence electrons. The molecule has 2 aromatic heterocycles. The van der Waals surface area contributed by atoms with Crippen molar-refractivity contribution in [3.63, 3.8) is 0 Å². The number of benzene rings is 1. The number of aryl methyl sites for hydroxylation is 2. The van der Waals surface area contributed by atoms with Gasteiger partial charge >= 0.3 is 5.97 Å². The van der Waals surface area contributed by atoms with E-state index in [2.05, 4.69) is 15.3 Å². The maximum absolute atomic E-state index is 13.0. The summed E-state index contributed by atoms with van der Waals surface area (Å²) in [7, 11) is 0. The number of hydrogen-bond donors (Lipinski definition) is 1. The summed E-state index contributed by atoms with van der Waals surface area (Å²) in [5.41, 5.74) is 2.37. The number of anilines is 1. The Kier molecular flexibility index (Phi) is 6.87. The largest absolute Gasteiger partial charge is 0.462 e. The lowest BCUT2D eigenvalue weighted by atomic mass is 9.97. The van der Waals surface area contributed by atoms with E-state index >= 15 is 0 Å². The minimum atomic E-state index is -0.398. The van der Waals surface area contributed by atoms with Crippen LogP contribution in [0, 0.1) is 0 Å². The van der Waals surface area contributed by atoms with Crippen molar-refractivity contribution in [1.29, 1.82) is 0 Å². The molecule has 1 amide bonds. The highest BCUT2D eigenvalue weighted by atomic mass is 32.2. The van der Waals surface area contributed by atoms with Gasteiger partial charge in [0.1, 0.15) is 16.2 Å². The van der Waals surface area contributed by atoms with Gasteiger partial charge in [0.2, 0.25) is 5.91 Å². The summed E-state index contributed by atoms with van der Waals surface area (Å²) in [4.78, 5) is 36.5. The molecule has 1 aromatic carbocycles. The molecule has 0 saturated carbocycles. The third-order valence-corrected chi connectivity index (χ3v) is 7.84. The molecule has 1 aliphatic carbocycles. The van der Waals surface area contributed by atoms with E-state index in [1.54, 1.807) is 48.9 Å². The Bertz CT molecular complexity index is 1110. The van der Waals surface area contributed by atoms with Crippen molar-refractivity contribution in [2.24, 2.45) is 0 Å². The summed E-state index contributed by atoms with van der Waals surface area (Å²) in [6.45, 7) is 4.07. The number of thiophene rings is 1. The lowest BCUT2D eigenvalue weighted by Gasteiger charge is -2.16. The number of nitrogens with zero attached hydrogens (tertiary/aromatic N) is 2. The second kappa shape index (κ2) is 9.78. The van der Waals surface area contributed by atoms with E-state index in [9.17, 15) is 9.59 Å². The molecule has 6 nitrogen and oxygen atoms in total. The van der Waals surface area contributed by atoms with Crippen molar-refractivity contribution in [3.05, 3.63) is 46.6 Å². The Morgan fingerprint density at radius 1 is 1.23 bits per heavy atom. The number of ether oxygens (including phenoxy) is 1. The van der Waals surface area contributed by atoms with Gasteiger partial charge in [0.25, 0.3) is 0 Å². The number of amides is 1. The number of hydrogen-bond acceptors (Lipinski definition) is 7. The molecule has 0 bridgehead atoms. The van der Waals surface area contributed by atoms with Crippen molar-refractivity contribution in [1.82, 2.24) is 9.97 Å². The summed E-state index contributed by atoms with van der Waals surface area (Å²) in [6.07, 6.45) is 6.83. The fourth-order valence-electron chi connectivity index (χ4n) is 3.77. The molecule has 2 heterocycles. The fourth-order valence-corrected chi connectivity index (χ4v) is 6.11. The molecule has 3 aromatic rings. The van der Waals surface area contributed by atoms with Gasteiger partial charge in [-0.05, 0) is 62.8 Å². The number of aromatic nitrogens is 2. The van der Waals surface area contributed by atoms with Crippen LogP contribution in [0.2, 0.25) is 0 Å². The van der Waals surface area contributed by atoms with E-state index in [0.717, 1.165) is 28.1 Å². The third kappa shape index (κ3) is 4.75. The topological polar surface area (TPSA) is 81.2 Å². The molecule has 1 aliphatic rings. The predicted octanol–water partition coefficient (Wildman–Crippen LogP) is 5.26. The zero-order valence-electron chi connectivity index (χ0n) is 17.6. The van der Waals surface area contributed by atoms with Gasteiger partial charge in [-0.2, -0.15) is 0 Å². The van der Waals surface area contributed by atoms with E-state index in [0.29, 0.717) is 24.3 Å². The molecule has 1 unspecified atom stereocenters. The Labute approximate surface area is 189 Å². The van der Waals surface area contributed by atoms with Crippen LogP contribution in [0.1, 0.15) is 53.9 Å². The maximum Gasteiger partial charge on any atom is 0.338 e. The molecule has 0 radical (unpaired) electrons. The van der Waals surface area contributed by atoms with Crippen LogP contribution in [0.4, 0.5) is 5.69 Å². The van der Waals surface area contributed by atoms with E-state index in [-0.39, 0.29) is 11.2 Å². The van der Waals surface area contributed by atoms with Crippen molar-refractivity contribution in [2.75, 3.05) is 11.9 Å². The fraction of sp³-hybridized carbons (Fsp3) is 0.391. The SMILES string of the molecule is CCOC(=O)c1cccc(NC(=O)C(CC)Sc2ncnc3sc4c(c23)CCCC4)c1. The zero-order chi connectivity index (χ0) is 21.8. The second-order valence-corrected chi connectivity index (χ2v) is 9.65. The zero-order valence-corrected chi connectivity index (χ0v) is 19.3. The smallest absolute Gasteiger partial charge is 0.338 e. The van der Waals surface area contributed by atoms with E-state index < -0.39 is 5.97 Å². The normalized spacial score (nSPS) is 14.1. The third-order valence-electron chi connectivity index (χ3n) is 5.27.